The number of aliphatic hydroxyl groups is 1. The van der Waals surface area contributed by atoms with Crippen molar-refractivity contribution in [3.63, 3.8) is 0 Å². The lowest BCUT2D eigenvalue weighted by Gasteiger charge is -2.10. The third kappa shape index (κ3) is 7.59. The zero-order chi connectivity index (χ0) is 11.2. The molecule has 0 saturated carbocycles. The molecule has 0 aromatic rings. The average Bonchev–Trinajstić information content (AvgIpc) is 2.00. The van der Waals surface area contributed by atoms with Gasteiger partial charge in [0.1, 0.15) is 5.76 Å². The molecule has 0 amide bonds. The second-order valence-corrected chi connectivity index (χ2v) is 4.48. The molecule has 0 atom stereocenters. The summed E-state index contributed by atoms with van der Waals surface area (Å²) in [6, 6.07) is 0. The Morgan fingerprint density at radius 2 is 1.93 bits per heavy atom. The summed E-state index contributed by atoms with van der Waals surface area (Å²) in [5.74, 6) is 0.0157. The molecule has 0 heterocycles. The van der Waals surface area contributed by atoms with Crippen LogP contribution in [-0.2, 0) is 4.79 Å². The van der Waals surface area contributed by atoms with E-state index in [0.29, 0.717) is 6.42 Å². The van der Waals surface area contributed by atoms with Crippen LogP contribution in [0.4, 0.5) is 0 Å². The molecule has 14 heavy (non-hydrogen) atoms. The summed E-state index contributed by atoms with van der Waals surface area (Å²) < 4.78 is 0. The van der Waals surface area contributed by atoms with Crippen LogP contribution in [0.25, 0.3) is 0 Å². The van der Waals surface area contributed by atoms with Gasteiger partial charge in [-0.3, -0.25) is 4.79 Å². The molecular weight excluding hydrogens is 176 g/mol. The van der Waals surface area contributed by atoms with Gasteiger partial charge in [0.2, 0.25) is 0 Å². The van der Waals surface area contributed by atoms with E-state index in [-0.39, 0.29) is 17.0 Å². The molecule has 0 aliphatic carbocycles. The van der Waals surface area contributed by atoms with Gasteiger partial charge in [0, 0.05) is 12.5 Å². The second kappa shape index (κ2) is 5.63. The van der Waals surface area contributed by atoms with E-state index < -0.39 is 0 Å². The maximum absolute atomic E-state index is 11.1. The third-order valence-electron chi connectivity index (χ3n) is 1.56. The molecule has 0 aliphatic heterocycles. The monoisotopic (exact) mass is 196 g/mol. The lowest BCUT2D eigenvalue weighted by Crippen LogP contribution is -1.99. The molecule has 0 aromatic heterocycles. The number of carbonyl (C=O) groups is 1. The summed E-state index contributed by atoms with van der Waals surface area (Å²) >= 11 is 0. The van der Waals surface area contributed by atoms with Crippen LogP contribution in [0.2, 0.25) is 0 Å². The Labute approximate surface area is 86.3 Å². The Hall–Kier alpha value is -1.05. The van der Waals surface area contributed by atoms with Crippen molar-refractivity contribution >= 4 is 5.78 Å². The zero-order valence-electron chi connectivity index (χ0n) is 9.50. The average molecular weight is 196 g/mol. The fourth-order valence-corrected chi connectivity index (χ4v) is 0.867. The molecule has 80 valence electrons. The van der Waals surface area contributed by atoms with Crippen molar-refractivity contribution in [2.24, 2.45) is 5.41 Å². The van der Waals surface area contributed by atoms with Gasteiger partial charge in [-0.05, 0) is 17.9 Å². The van der Waals surface area contributed by atoms with Gasteiger partial charge in [0.25, 0.3) is 0 Å². The largest absolute Gasteiger partial charge is 0.508 e. The molecule has 2 heteroatoms. The highest BCUT2D eigenvalue weighted by atomic mass is 16.3. The summed E-state index contributed by atoms with van der Waals surface area (Å²) in [6.45, 7) is 8.04. The van der Waals surface area contributed by atoms with Gasteiger partial charge in [-0.15, -0.1) is 0 Å². The van der Waals surface area contributed by atoms with Gasteiger partial charge in [0.05, 0.1) is 0 Å². The summed E-state index contributed by atoms with van der Waals surface area (Å²) in [4.78, 5) is 11.1. The molecule has 0 fully saturated rings. The third-order valence-corrected chi connectivity index (χ3v) is 1.56. The standard InChI is InChI=1S/C12H20O2/c1-5-6-10(13)9-11(14)7-8-12(2,3)4/h7-9,14H,5-6H2,1-4H3/b8-7+,11-9-. The maximum atomic E-state index is 11.1. The second-order valence-electron chi connectivity index (χ2n) is 4.48. The van der Waals surface area contributed by atoms with Crippen LogP contribution in [0.1, 0.15) is 40.5 Å². The first kappa shape index (κ1) is 12.9. The van der Waals surface area contributed by atoms with Crippen molar-refractivity contribution in [1.82, 2.24) is 0 Å². The highest BCUT2D eigenvalue weighted by Gasteiger charge is 2.04. The minimum absolute atomic E-state index is 0.0234. The van der Waals surface area contributed by atoms with Crippen LogP contribution < -0.4 is 0 Å². The fraction of sp³-hybridized carbons (Fsp3) is 0.583. The molecule has 1 N–H and O–H groups in total. The molecule has 0 aromatic carbocycles. The fourth-order valence-electron chi connectivity index (χ4n) is 0.867. The molecule has 0 saturated heterocycles. The van der Waals surface area contributed by atoms with Gasteiger partial charge >= 0.3 is 0 Å². The molecule has 0 unspecified atom stereocenters. The van der Waals surface area contributed by atoms with E-state index in [0.717, 1.165) is 6.42 Å². The lowest BCUT2D eigenvalue weighted by molar-refractivity contribution is -0.114. The summed E-state index contributed by atoms with van der Waals surface area (Å²) in [6.07, 6.45) is 6.04. The number of ketones is 1. The van der Waals surface area contributed by atoms with E-state index in [1.807, 2.05) is 33.8 Å². The number of carbonyl (C=O) groups excluding carboxylic acids is 1. The quantitative estimate of drug-likeness (QED) is 0.425. The van der Waals surface area contributed by atoms with Crippen molar-refractivity contribution in [2.45, 2.75) is 40.5 Å². The van der Waals surface area contributed by atoms with E-state index in [2.05, 4.69) is 0 Å². The normalized spacial score (nSPS) is 13.6. The van der Waals surface area contributed by atoms with Crippen LogP contribution in [-0.4, -0.2) is 10.9 Å². The Morgan fingerprint density at radius 1 is 1.36 bits per heavy atom. The van der Waals surface area contributed by atoms with Crippen LogP contribution in [0, 0.1) is 5.41 Å². The van der Waals surface area contributed by atoms with Gasteiger partial charge < -0.3 is 5.11 Å². The first-order valence-corrected chi connectivity index (χ1v) is 4.98. The van der Waals surface area contributed by atoms with E-state index >= 15 is 0 Å². The van der Waals surface area contributed by atoms with Crippen molar-refractivity contribution in [1.29, 1.82) is 0 Å². The van der Waals surface area contributed by atoms with Crippen molar-refractivity contribution in [3.05, 3.63) is 24.0 Å². The zero-order valence-corrected chi connectivity index (χ0v) is 9.50. The van der Waals surface area contributed by atoms with E-state index in [9.17, 15) is 9.90 Å². The number of allylic oxidation sites excluding steroid dienone is 3. The predicted octanol–water partition coefficient (Wildman–Crippen LogP) is 3.40. The molecule has 0 aliphatic rings. The number of aliphatic hydroxyl groups excluding tert-OH is 1. The molecule has 0 bridgehead atoms. The van der Waals surface area contributed by atoms with E-state index in [4.69, 9.17) is 0 Å². The number of hydrogen-bond acceptors (Lipinski definition) is 2. The predicted molar refractivity (Wildman–Crippen MR) is 59.2 cm³/mol. The highest BCUT2D eigenvalue weighted by molar-refractivity contribution is 5.90. The Kier molecular flexibility index (Phi) is 5.21. The number of rotatable bonds is 4. The Balaban J connectivity index is 4.27. The van der Waals surface area contributed by atoms with Crippen molar-refractivity contribution in [2.75, 3.05) is 0 Å². The van der Waals surface area contributed by atoms with E-state index in [1.165, 1.54) is 6.08 Å². The molecule has 2 nitrogen and oxygen atoms in total. The van der Waals surface area contributed by atoms with Crippen LogP contribution in [0.5, 0.6) is 0 Å². The van der Waals surface area contributed by atoms with Crippen LogP contribution in [0.3, 0.4) is 0 Å². The van der Waals surface area contributed by atoms with Gasteiger partial charge in [0.15, 0.2) is 5.78 Å². The van der Waals surface area contributed by atoms with E-state index in [1.54, 1.807) is 6.08 Å². The first-order valence-electron chi connectivity index (χ1n) is 4.98. The molecule has 0 spiro atoms. The minimum atomic E-state index is -0.0245. The summed E-state index contributed by atoms with van der Waals surface area (Å²) in [5.41, 5.74) is 0.0234. The van der Waals surface area contributed by atoms with Crippen molar-refractivity contribution in [3.8, 4) is 0 Å². The summed E-state index contributed by atoms with van der Waals surface area (Å²) in [7, 11) is 0. The highest BCUT2D eigenvalue weighted by Crippen LogP contribution is 2.15. The molecular formula is C12H20O2. The van der Waals surface area contributed by atoms with Gasteiger partial charge in [-0.25, -0.2) is 0 Å². The van der Waals surface area contributed by atoms with Crippen LogP contribution in [0.15, 0.2) is 24.0 Å². The Bertz CT molecular complexity index is 242. The number of hydrogen-bond donors (Lipinski definition) is 1. The van der Waals surface area contributed by atoms with Gasteiger partial charge in [-0.1, -0.05) is 33.8 Å². The minimum Gasteiger partial charge on any atom is -0.508 e. The van der Waals surface area contributed by atoms with Crippen LogP contribution >= 0.6 is 0 Å². The maximum Gasteiger partial charge on any atom is 0.159 e. The van der Waals surface area contributed by atoms with Crippen molar-refractivity contribution < 1.29 is 9.90 Å². The van der Waals surface area contributed by atoms with Gasteiger partial charge in [-0.2, -0.15) is 0 Å². The lowest BCUT2D eigenvalue weighted by atomic mass is 9.96. The topological polar surface area (TPSA) is 37.3 Å². The summed E-state index contributed by atoms with van der Waals surface area (Å²) in [5, 5.41) is 9.36. The molecule has 0 rings (SSSR count). The first-order chi connectivity index (χ1) is 6.35. The Morgan fingerprint density at radius 3 is 2.36 bits per heavy atom. The molecule has 0 radical (unpaired) electrons. The SMILES string of the molecule is CCCC(=O)/C=C(O)/C=C/C(C)(C)C. The smallest absolute Gasteiger partial charge is 0.159 e.